The van der Waals surface area contributed by atoms with E-state index in [4.69, 9.17) is 0 Å². The molecule has 1 N–H and O–H groups in total. The zero-order valence-electron chi connectivity index (χ0n) is 11.4. The van der Waals surface area contributed by atoms with E-state index < -0.39 is 0 Å². The van der Waals surface area contributed by atoms with Gasteiger partial charge in [0.2, 0.25) is 0 Å². The highest BCUT2D eigenvalue weighted by atomic mass is 16.3. The molecule has 0 radical (unpaired) electrons. The monoisotopic (exact) mass is 224 g/mol. The van der Waals surface area contributed by atoms with E-state index in [1.54, 1.807) is 0 Å². The summed E-state index contributed by atoms with van der Waals surface area (Å²) in [5.74, 6) is 1.44. The van der Waals surface area contributed by atoms with Crippen LogP contribution in [0.4, 0.5) is 0 Å². The highest BCUT2D eigenvalue weighted by molar-refractivity contribution is 5.01. The van der Waals surface area contributed by atoms with Gasteiger partial charge in [-0.1, -0.05) is 34.1 Å². The van der Waals surface area contributed by atoms with Crippen LogP contribution in [0.2, 0.25) is 0 Å². The third kappa shape index (κ3) is 2.03. The van der Waals surface area contributed by atoms with E-state index in [1.807, 2.05) is 0 Å². The fourth-order valence-electron chi connectivity index (χ4n) is 3.80. The fraction of sp³-hybridized carbons (Fsp3) is 1.00. The Labute approximate surface area is 101 Å². The molecular formula is C15H28O. The molecule has 2 fully saturated rings. The molecule has 0 amide bonds. The van der Waals surface area contributed by atoms with E-state index in [0.717, 1.165) is 12.3 Å². The van der Waals surface area contributed by atoms with Gasteiger partial charge in [0.05, 0.1) is 6.10 Å². The molecule has 1 heteroatoms. The molecule has 0 aromatic rings. The van der Waals surface area contributed by atoms with Gasteiger partial charge in [0.25, 0.3) is 0 Å². The summed E-state index contributed by atoms with van der Waals surface area (Å²) in [6.07, 6.45) is 7.71. The van der Waals surface area contributed by atoms with Gasteiger partial charge in [0, 0.05) is 0 Å². The van der Waals surface area contributed by atoms with Crippen molar-refractivity contribution < 1.29 is 5.11 Å². The van der Waals surface area contributed by atoms with Gasteiger partial charge in [-0.3, -0.25) is 0 Å². The maximum Gasteiger partial charge on any atom is 0.0568 e. The summed E-state index contributed by atoms with van der Waals surface area (Å²) < 4.78 is 0. The van der Waals surface area contributed by atoms with E-state index in [2.05, 4.69) is 27.7 Å². The minimum Gasteiger partial charge on any atom is -0.393 e. The van der Waals surface area contributed by atoms with Crippen molar-refractivity contribution in [3.05, 3.63) is 0 Å². The third-order valence-electron chi connectivity index (χ3n) is 5.77. The Hall–Kier alpha value is -0.0400. The SMILES string of the molecule is CCC(O)C1CC1CC1(C)CCCC1(C)C. The van der Waals surface area contributed by atoms with Crippen LogP contribution < -0.4 is 0 Å². The predicted molar refractivity (Wildman–Crippen MR) is 68.3 cm³/mol. The number of aliphatic hydroxyl groups is 1. The Balaban J connectivity index is 1.92. The highest BCUT2D eigenvalue weighted by Gasteiger charge is 2.51. The first-order valence-corrected chi connectivity index (χ1v) is 7.08. The van der Waals surface area contributed by atoms with Crippen LogP contribution in [0.25, 0.3) is 0 Å². The lowest BCUT2D eigenvalue weighted by molar-refractivity contribution is 0.0947. The second-order valence-electron chi connectivity index (χ2n) is 7.14. The predicted octanol–water partition coefficient (Wildman–Crippen LogP) is 4.00. The molecule has 0 saturated heterocycles. The van der Waals surface area contributed by atoms with Crippen LogP contribution in [0.3, 0.4) is 0 Å². The van der Waals surface area contributed by atoms with Gasteiger partial charge < -0.3 is 5.11 Å². The van der Waals surface area contributed by atoms with E-state index >= 15 is 0 Å². The molecule has 2 aliphatic carbocycles. The molecule has 0 aromatic heterocycles. The molecule has 2 rings (SSSR count). The van der Waals surface area contributed by atoms with Gasteiger partial charge in [0.15, 0.2) is 0 Å². The van der Waals surface area contributed by atoms with Crippen LogP contribution in [0.5, 0.6) is 0 Å². The molecule has 0 spiro atoms. The highest BCUT2D eigenvalue weighted by Crippen LogP contribution is 2.60. The standard InChI is InChI=1S/C15H28O/c1-5-13(16)12-9-11(12)10-15(4)8-6-7-14(15,2)3/h11-13,16H,5-10H2,1-4H3. The minimum absolute atomic E-state index is 0.0295. The maximum absolute atomic E-state index is 9.86. The van der Waals surface area contributed by atoms with Crippen molar-refractivity contribution in [2.75, 3.05) is 0 Å². The van der Waals surface area contributed by atoms with Crippen molar-refractivity contribution in [3.8, 4) is 0 Å². The number of aliphatic hydroxyl groups excluding tert-OH is 1. The van der Waals surface area contributed by atoms with E-state index in [1.165, 1.54) is 32.1 Å². The zero-order chi connectivity index (χ0) is 12.0. The zero-order valence-corrected chi connectivity index (χ0v) is 11.4. The summed E-state index contributed by atoms with van der Waals surface area (Å²) in [5, 5.41) is 9.86. The lowest BCUT2D eigenvalue weighted by Crippen LogP contribution is -2.30. The van der Waals surface area contributed by atoms with Crippen molar-refractivity contribution in [2.45, 2.75) is 72.3 Å². The Morgan fingerprint density at radius 1 is 1.25 bits per heavy atom. The van der Waals surface area contributed by atoms with Crippen molar-refractivity contribution >= 4 is 0 Å². The summed E-state index contributed by atoms with van der Waals surface area (Å²) in [7, 11) is 0. The van der Waals surface area contributed by atoms with Crippen molar-refractivity contribution in [3.63, 3.8) is 0 Å². The van der Waals surface area contributed by atoms with Crippen LogP contribution in [-0.2, 0) is 0 Å². The number of hydrogen-bond acceptors (Lipinski definition) is 1. The molecule has 2 aliphatic rings. The summed E-state index contributed by atoms with van der Waals surface area (Å²) in [6.45, 7) is 9.45. The molecule has 94 valence electrons. The summed E-state index contributed by atoms with van der Waals surface area (Å²) in [5.41, 5.74) is 1.04. The minimum atomic E-state index is -0.0295. The van der Waals surface area contributed by atoms with Crippen LogP contribution in [0, 0.1) is 22.7 Å². The summed E-state index contributed by atoms with van der Waals surface area (Å²) >= 11 is 0. The Bertz CT molecular complexity index is 258. The molecule has 0 aromatic carbocycles. The molecule has 16 heavy (non-hydrogen) atoms. The second kappa shape index (κ2) is 4.01. The summed E-state index contributed by atoms with van der Waals surface area (Å²) in [4.78, 5) is 0. The number of hydrogen-bond donors (Lipinski definition) is 1. The van der Waals surface area contributed by atoms with E-state index in [9.17, 15) is 5.11 Å². The lowest BCUT2D eigenvalue weighted by atomic mass is 9.66. The molecule has 0 heterocycles. The Morgan fingerprint density at radius 2 is 1.94 bits per heavy atom. The molecular weight excluding hydrogens is 196 g/mol. The Kier molecular flexibility index (Phi) is 3.11. The van der Waals surface area contributed by atoms with Crippen molar-refractivity contribution in [1.82, 2.24) is 0 Å². The number of rotatable bonds is 4. The molecule has 1 nitrogen and oxygen atoms in total. The van der Waals surface area contributed by atoms with Crippen LogP contribution >= 0.6 is 0 Å². The smallest absolute Gasteiger partial charge is 0.0568 e. The van der Waals surface area contributed by atoms with Gasteiger partial charge in [-0.05, 0) is 54.8 Å². The van der Waals surface area contributed by atoms with Crippen LogP contribution in [-0.4, -0.2) is 11.2 Å². The Morgan fingerprint density at radius 3 is 2.44 bits per heavy atom. The van der Waals surface area contributed by atoms with Gasteiger partial charge in [0.1, 0.15) is 0 Å². The largest absolute Gasteiger partial charge is 0.393 e. The topological polar surface area (TPSA) is 20.2 Å². The van der Waals surface area contributed by atoms with Crippen molar-refractivity contribution in [1.29, 1.82) is 0 Å². The average Bonchev–Trinajstić information content (AvgIpc) is 2.89. The maximum atomic E-state index is 9.86. The normalized spacial score (nSPS) is 43.3. The van der Waals surface area contributed by atoms with Crippen molar-refractivity contribution in [2.24, 2.45) is 22.7 Å². The average molecular weight is 224 g/mol. The molecule has 0 bridgehead atoms. The molecule has 4 unspecified atom stereocenters. The first-order chi connectivity index (χ1) is 7.39. The second-order valence-corrected chi connectivity index (χ2v) is 7.14. The van der Waals surface area contributed by atoms with Gasteiger partial charge >= 0.3 is 0 Å². The van der Waals surface area contributed by atoms with Gasteiger partial charge in [-0.2, -0.15) is 0 Å². The third-order valence-corrected chi connectivity index (χ3v) is 5.77. The molecule has 2 saturated carbocycles. The van der Waals surface area contributed by atoms with Gasteiger partial charge in [-0.15, -0.1) is 0 Å². The van der Waals surface area contributed by atoms with Crippen LogP contribution in [0.15, 0.2) is 0 Å². The van der Waals surface area contributed by atoms with E-state index in [0.29, 0.717) is 16.7 Å². The molecule has 0 aliphatic heterocycles. The first kappa shape index (κ1) is 12.4. The van der Waals surface area contributed by atoms with Gasteiger partial charge in [-0.25, -0.2) is 0 Å². The molecule has 4 atom stereocenters. The van der Waals surface area contributed by atoms with E-state index in [-0.39, 0.29) is 6.10 Å². The first-order valence-electron chi connectivity index (χ1n) is 7.08. The quantitative estimate of drug-likeness (QED) is 0.765. The van der Waals surface area contributed by atoms with Crippen LogP contribution in [0.1, 0.15) is 66.2 Å². The summed E-state index contributed by atoms with van der Waals surface area (Å²) in [6, 6.07) is 0. The fourth-order valence-corrected chi connectivity index (χ4v) is 3.80. The lowest BCUT2D eigenvalue weighted by Gasteiger charge is -2.39.